The van der Waals surface area contributed by atoms with Gasteiger partial charge in [0.15, 0.2) is 15.6 Å². The van der Waals surface area contributed by atoms with Crippen molar-refractivity contribution in [3.8, 4) is 0 Å². The van der Waals surface area contributed by atoms with E-state index in [0.29, 0.717) is 26.5 Å². The second-order valence-electron chi connectivity index (χ2n) is 5.52. The van der Waals surface area contributed by atoms with Crippen LogP contribution >= 0.6 is 27.3 Å². The van der Waals surface area contributed by atoms with Crippen LogP contribution in [0, 0.1) is 6.92 Å². The van der Waals surface area contributed by atoms with Gasteiger partial charge >= 0.3 is 5.97 Å². The molecule has 3 aromatic rings. The minimum Gasteiger partial charge on any atom is -0.465 e. The second kappa shape index (κ2) is 8.36. The van der Waals surface area contributed by atoms with Gasteiger partial charge < -0.3 is 14.5 Å². The van der Waals surface area contributed by atoms with Gasteiger partial charge in [0.05, 0.1) is 12.8 Å². The first kappa shape index (κ1) is 19.8. The number of rotatable bonds is 5. The number of carbonyl (C=O) groups is 3. The number of nitrogens with one attached hydrogen (secondary N) is 2. The molecule has 2 amide bonds. The number of ether oxygens (including phenoxy) is 1. The smallest absolute Gasteiger partial charge is 0.350 e. The molecule has 0 unspecified atom stereocenters. The van der Waals surface area contributed by atoms with Crippen LogP contribution in [0.15, 0.2) is 45.5 Å². The van der Waals surface area contributed by atoms with E-state index in [-0.39, 0.29) is 10.9 Å². The number of hydrogen-bond acceptors (Lipinski definition) is 7. The van der Waals surface area contributed by atoms with Crippen LogP contribution in [-0.4, -0.2) is 29.9 Å². The fraction of sp³-hybridized carbons (Fsp3) is 0.111. The summed E-state index contributed by atoms with van der Waals surface area (Å²) in [5.41, 5.74) is 1.21. The van der Waals surface area contributed by atoms with Crippen LogP contribution in [0.4, 0.5) is 10.8 Å². The van der Waals surface area contributed by atoms with E-state index in [1.54, 1.807) is 31.2 Å². The van der Waals surface area contributed by atoms with E-state index in [4.69, 9.17) is 4.42 Å². The Labute approximate surface area is 172 Å². The van der Waals surface area contributed by atoms with Gasteiger partial charge in [0.2, 0.25) is 0 Å². The number of nitrogens with zero attached hydrogens (tertiary/aromatic N) is 1. The quantitative estimate of drug-likeness (QED) is 0.551. The average Bonchev–Trinajstić information content (AvgIpc) is 3.27. The molecule has 0 radical (unpaired) electrons. The van der Waals surface area contributed by atoms with Crippen LogP contribution in [0.1, 0.15) is 36.3 Å². The number of aromatic nitrogens is 1. The molecule has 0 aliphatic carbocycles. The molecule has 8 nitrogen and oxygen atoms in total. The van der Waals surface area contributed by atoms with Crippen molar-refractivity contribution in [2.45, 2.75) is 6.92 Å². The number of thiazole rings is 1. The highest BCUT2D eigenvalue weighted by Gasteiger charge is 2.18. The number of halogens is 1. The Bertz CT molecular complexity index is 1060. The lowest BCUT2D eigenvalue weighted by atomic mass is 10.2. The number of amides is 2. The summed E-state index contributed by atoms with van der Waals surface area (Å²) in [6, 6.07) is 9.53. The molecular weight excluding hydrogens is 450 g/mol. The minimum absolute atomic E-state index is 0.135. The molecule has 2 heterocycles. The summed E-state index contributed by atoms with van der Waals surface area (Å²) in [7, 11) is 1.28. The first-order valence-electron chi connectivity index (χ1n) is 7.91. The van der Waals surface area contributed by atoms with Gasteiger partial charge in [0.1, 0.15) is 4.88 Å². The van der Waals surface area contributed by atoms with E-state index in [9.17, 15) is 14.4 Å². The summed E-state index contributed by atoms with van der Waals surface area (Å²) in [5.74, 6) is -1.25. The lowest BCUT2D eigenvalue weighted by molar-refractivity contribution is 0.0605. The molecule has 28 heavy (non-hydrogen) atoms. The van der Waals surface area contributed by atoms with Crippen molar-refractivity contribution >= 4 is 55.9 Å². The van der Waals surface area contributed by atoms with Crippen LogP contribution in [0.5, 0.6) is 0 Å². The third-order valence-corrected chi connectivity index (χ3v) is 5.05. The van der Waals surface area contributed by atoms with Gasteiger partial charge in [-0.3, -0.25) is 14.9 Å². The summed E-state index contributed by atoms with van der Waals surface area (Å²) in [5, 5.41) is 5.57. The Balaban J connectivity index is 1.72. The highest BCUT2D eigenvalue weighted by Crippen LogP contribution is 2.24. The molecule has 2 aromatic heterocycles. The number of benzene rings is 1. The third kappa shape index (κ3) is 4.46. The van der Waals surface area contributed by atoms with Crippen LogP contribution in [0.2, 0.25) is 0 Å². The van der Waals surface area contributed by atoms with Crippen LogP contribution < -0.4 is 10.6 Å². The Hall–Kier alpha value is -2.98. The molecule has 0 atom stereocenters. The molecule has 144 valence electrons. The van der Waals surface area contributed by atoms with E-state index < -0.39 is 17.8 Å². The zero-order valence-electron chi connectivity index (χ0n) is 14.7. The summed E-state index contributed by atoms with van der Waals surface area (Å²) < 4.78 is 10.3. The summed E-state index contributed by atoms with van der Waals surface area (Å²) in [4.78, 5) is 40.8. The standard InChI is InChI=1S/C18H14BrN3O5S/c1-9-14(17(25)26-2)28-18(20-9)22-15(23)10-4-3-5-11(8-10)21-16(24)12-6-7-13(19)27-12/h3-8H,1-2H3,(H,21,24)(H,20,22,23). The number of methoxy groups -OCH3 is 1. The highest BCUT2D eigenvalue weighted by molar-refractivity contribution is 9.10. The Morgan fingerprint density at radius 2 is 1.93 bits per heavy atom. The van der Waals surface area contributed by atoms with Gasteiger partial charge in [0.25, 0.3) is 11.8 Å². The molecule has 0 aliphatic heterocycles. The molecule has 1 aromatic carbocycles. The predicted octanol–water partition coefficient (Wildman–Crippen LogP) is 4.10. The van der Waals surface area contributed by atoms with E-state index in [1.807, 2.05) is 0 Å². The number of esters is 1. The Kier molecular flexibility index (Phi) is 5.90. The maximum atomic E-state index is 12.5. The zero-order valence-corrected chi connectivity index (χ0v) is 17.1. The maximum absolute atomic E-state index is 12.5. The lowest BCUT2D eigenvalue weighted by Gasteiger charge is -2.06. The van der Waals surface area contributed by atoms with Gasteiger partial charge in [-0.15, -0.1) is 0 Å². The first-order valence-corrected chi connectivity index (χ1v) is 9.52. The average molecular weight is 464 g/mol. The SMILES string of the molecule is COC(=O)c1sc(NC(=O)c2cccc(NC(=O)c3ccc(Br)o3)c2)nc1C. The number of furan rings is 1. The highest BCUT2D eigenvalue weighted by atomic mass is 79.9. The Morgan fingerprint density at radius 3 is 2.61 bits per heavy atom. The van der Waals surface area contributed by atoms with Gasteiger partial charge in [0, 0.05) is 11.3 Å². The fourth-order valence-electron chi connectivity index (χ4n) is 2.27. The van der Waals surface area contributed by atoms with Crippen LogP contribution in [0.3, 0.4) is 0 Å². The molecule has 0 saturated carbocycles. The van der Waals surface area contributed by atoms with Crippen molar-refractivity contribution in [2.75, 3.05) is 17.7 Å². The van der Waals surface area contributed by atoms with Gasteiger partial charge in [-0.2, -0.15) is 0 Å². The molecular formula is C18H14BrN3O5S. The zero-order chi connectivity index (χ0) is 20.3. The van der Waals surface area contributed by atoms with Gasteiger partial charge in [-0.1, -0.05) is 17.4 Å². The number of hydrogen-bond donors (Lipinski definition) is 2. The molecule has 3 rings (SSSR count). The summed E-state index contributed by atoms with van der Waals surface area (Å²) >= 11 is 4.16. The fourth-order valence-corrected chi connectivity index (χ4v) is 3.45. The summed E-state index contributed by atoms with van der Waals surface area (Å²) in [6.45, 7) is 1.65. The van der Waals surface area contributed by atoms with Crippen molar-refractivity contribution in [1.29, 1.82) is 0 Å². The molecule has 2 N–H and O–H groups in total. The van der Waals surface area contributed by atoms with E-state index >= 15 is 0 Å². The molecule has 0 saturated heterocycles. The van der Waals surface area contributed by atoms with Crippen molar-refractivity contribution in [2.24, 2.45) is 0 Å². The van der Waals surface area contributed by atoms with Crippen molar-refractivity contribution in [3.63, 3.8) is 0 Å². The normalized spacial score (nSPS) is 10.4. The molecule has 0 spiro atoms. The van der Waals surface area contributed by atoms with Crippen LogP contribution in [0.25, 0.3) is 0 Å². The molecule has 0 bridgehead atoms. The Morgan fingerprint density at radius 1 is 1.14 bits per heavy atom. The van der Waals surface area contributed by atoms with Gasteiger partial charge in [-0.05, 0) is 53.2 Å². The molecule has 0 aliphatic rings. The molecule has 10 heteroatoms. The van der Waals surface area contributed by atoms with Gasteiger partial charge in [-0.25, -0.2) is 9.78 Å². The monoisotopic (exact) mass is 463 g/mol. The van der Waals surface area contributed by atoms with Crippen molar-refractivity contribution in [1.82, 2.24) is 4.98 Å². The van der Waals surface area contributed by atoms with Crippen LogP contribution in [-0.2, 0) is 4.74 Å². The number of aryl methyl sites for hydroxylation is 1. The minimum atomic E-state index is -0.509. The lowest BCUT2D eigenvalue weighted by Crippen LogP contribution is -2.14. The third-order valence-electron chi connectivity index (χ3n) is 3.57. The molecule has 0 fully saturated rings. The van der Waals surface area contributed by atoms with Crippen molar-refractivity contribution in [3.05, 3.63) is 63.0 Å². The predicted molar refractivity (Wildman–Crippen MR) is 107 cm³/mol. The van der Waals surface area contributed by atoms with E-state index in [0.717, 1.165) is 11.3 Å². The van der Waals surface area contributed by atoms with E-state index in [2.05, 4.69) is 36.3 Å². The number of anilines is 2. The topological polar surface area (TPSA) is 111 Å². The largest absolute Gasteiger partial charge is 0.465 e. The summed E-state index contributed by atoms with van der Waals surface area (Å²) in [6.07, 6.45) is 0. The number of carbonyl (C=O) groups excluding carboxylic acids is 3. The second-order valence-corrected chi connectivity index (χ2v) is 7.30. The van der Waals surface area contributed by atoms with E-state index in [1.165, 1.54) is 19.2 Å². The maximum Gasteiger partial charge on any atom is 0.350 e. The first-order chi connectivity index (χ1) is 13.4. The van der Waals surface area contributed by atoms with Crippen molar-refractivity contribution < 1.29 is 23.5 Å².